The van der Waals surface area contributed by atoms with Gasteiger partial charge in [-0.25, -0.2) is 0 Å². The molecule has 0 N–H and O–H groups in total. The van der Waals surface area contributed by atoms with Gasteiger partial charge >= 0.3 is 0 Å². The predicted molar refractivity (Wildman–Crippen MR) is 110 cm³/mol. The largest absolute Gasteiger partial charge is 0.493 e. The molecule has 0 unspecified atom stereocenters. The summed E-state index contributed by atoms with van der Waals surface area (Å²) in [6, 6.07) is 9.39. The van der Waals surface area contributed by atoms with Crippen molar-refractivity contribution in [2.24, 2.45) is 0 Å². The number of carbonyl (C=O) groups is 3. The molecule has 7 heteroatoms. The number of hydrogen-bond acceptors (Lipinski definition) is 5. The Bertz CT molecular complexity index is 1010. The van der Waals surface area contributed by atoms with E-state index in [9.17, 15) is 14.4 Å². The zero-order valence-electron chi connectivity index (χ0n) is 17.5. The van der Waals surface area contributed by atoms with Gasteiger partial charge in [-0.15, -0.1) is 0 Å². The predicted octanol–water partition coefficient (Wildman–Crippen LogP) is 2.83. The lowest BCUT2D eigenvalue weighted by molar-refractivity contribution is -0.137. The Kier molecular flexibility index (Phi) is 4.97. The van der Waals surface area contributed by atoms with Gasteiger partial charge in [0.1, 0.15) is 6.04 Å². The highest BCUT2D eigenvalue weighted by Crippen LogP contribution is 2.38. The maximum atomic E-state index is 13.3. The van der Waals surface area contributed by atoms with Gasteiger partial charge in [-0.05, 0) is 55.7 Å². The maximum Gasteiger partial charge on any atom is 0.262 e. The fourth-order valence-electron chi connectivity index (χ4n) is 4.36. The first kappa shape index (κ1) is 19.9. The van der Waals surface area contributed by atoms with Gasteiger partial charge in [0.2, 0.25) is 5.91 Å². The minimum atomic E-state index is -0.887. The molecular weight excluding hydrogens is 384 g/mol. The van der Waals surface area contributed by atoms with Crippen molar-refractivity contribution in [1.29, 1.82) is 0 Å². The summed E-state index contributed by atoms with van der Waals surface area (Å²) in [5.74, 6) is 0.159. The number of rotatable bonds is 4. The first-order valence-corrected chi connectivity index (χ1v) is 9.91. The minimum absolute atomic E-state index is 0.223. The molecule has 2 aromatic carbocycles. The lowest BCUT2D eigenvalue weighted by Gasteiger charge is -2.38. The van der Waals surface area contributed by atoms with E-state index >= 15 is 0 Å². The molecule has 2 atom stereocenters. The van der Waals surface area contributed by atoms with Crippen LogP contribution in [-0.4, -0.2) is 54.3 Å². The van der Waals surface area contributed by atoms with Crippen molar-refractivity contribution in [1.82, 2.24) is 9.80 Å². The van der Waals surface area contributed by atoms with E-state index in [1.165, 1.54) is 0 Å². The van der Waals surface area contributed by atoms with Crippen LogP contribution in [0.5, 0.6) is 11.5 Å². The summed E-state index contributed by atoms with van der Waals surface area (Å²) in [4.78, 5) is 41.7. The van der Waals surface area contributed by atoms with Crippen LogP contribution in [0.1, 0.15) is 51.7 Å². The van der Waals surface area contributed by atoms with Crippen molar-refractivity contribution in [3.8, 4) is 11.5 Å². The summed E-state index contributed by atoms with van der Waals surface area (Å²) < 4.78 is 10.8. The second-order valence-electron chi connectivity index (χ2n) is 7.57. The van der Waals surface area contributed by atoms with Crippen LogP contribution in [0.3, 0.4) is 0 Å². The number of ether oxygens (including phenoxy) is 2. The molecular formula is C23H24N2O5. The lowest BCUT2D eigenvalue weighted by atomic mass is 9.92. The molecule has 7 nitrogen and oxygen atoms in total. The van der Waals surface area contributed by atoms with E-state index in [0.717, 1.165) is 16.0 Å². The van der Waals surface area contributed by atoms with Crippen molar-refractivity contribution >= 4 is 17.7 Å². The van der Waals surface area contributed by atoms with Crippen molar-refractivity contribution in [2.75, 3.05) is 20.8 Å². The van der Waals surface area contributed by atoms with Crippen LogP contribution in [0.2, 0.25) is 0 Å². The topological polar surface area (TPSA) is 76.2 Å². The number of methoxy groups -OCH3 is 2. The van der Waals surface area contributed by atoms with E-state index in [1.807, 2.05) is 19.1 Å². The monoisotopic (exact) mass is 408 g/mol. The van der Waals surface area contributed by atoms with E-state index in [2.05, 4.69) is 0 Å². The summed E-state index contributed by atoms with van der Waals surface area (Å²) in [5.41, 5.74) is 2.76. The van der Waals surface area contributed by atoms with E-state index < -0.39 is 17.9 Å². The van der Waals surface area contributed by atoms with Gasteiger partial charge < -0.3 is 14.4 Å². The third-order valence-electron chi connectivity index (χ3n) is 6.04. The lowest BCUT2D eigenvalue weighted by Crippen LogP contribution is -2.51. The summed E-state index contributed by atoms with van der Waals surface area (Å²) >= 11 is 0. The summed E-state index contributed by atoms with van der Waals surface area (Å²) in [7, 11) is 3.17. The number of hydrogen-bond donors (Lipinski definition) is 0. The van der Waals surface area contributed by atoms with Crippen LogP contribution in [0.15, 0.2) is 36.4 Å². The van der Waals surface area contributed by atoms with Gasteiger partial charge in [0.05, 0.1) is 31.4 Å². The van der Waals surface area contributed by atoms with Crippen molar-refractivity contribution in [3.63, 3.8) is 0 Å². The second kappa shape index (κ2) is 7.48. The van der Waals surface area contributed by atoms with Gasteiger partial charge in [0, 0.05) is 6.54 Å². The minimum Gasteiger partial charge on any atom is -0.493 e. The van der Waals surface area contributed by atoms with Crippen LogP contribution in [0.4, 0.5) is 0 Å². The van der Waals surface area contributed by atoms with Crippen molar-refractivity contribution in [3.05, 3.63) is 58.7 Å². The van der Waals surface area contributed by atoms with E-state index in [1.54, 1.807) is 50.3 Å². The molecule has 2 heterocycles. The van der Waals surface area contributed by atoms with Gasteiger partial charge in [0.25, 0.3) is 11.8 Å². The first-order valence-electron chi connectivity index (χ1n) is 9.91. The summed E-state index contributed by atoms with van der Waals surface area (Å²) in [5, 5.41) is 0. The zero-order chi connectivity index (χ0) is 21.6. The van der Waals surface area contributed by atoms with E-state index in [0.29, 0.717) is 35.6 Å². The van der Waals surface area contributed by atoms with Gasteiger partial charge in [-0.3, -0.25) is 19.3 Å². The number of carbonyl (C=O) groups excluding carboxylic acids is 3. The molecule has 2 aliphatic rings. The Hall–Kier alpha value is -3.35. The van der Waals surface area contributed by atoms with Gasteiger partial charge in [-0.1, -0.05) is 12.1 Å². The van der Waals surface area contributed by atoms with Gasteiger partial charge in [0.15, 0.2) is 11.5 Å². The highest BCUT2D eigenvalue weighted by Gasteiger charge is 2.43. The highest BCUT2D eigenvalue weighted by molar-refractivity contribution is 6.22. The molecule has 4 rings (SSSR count). The van der Waals surface area contributed by atoms with Crippen molar-refractivity contribution < 1.29 is 23.9 Å². The van der Waals surface area contributed by atoms with Crippen LogP contribution in [0.25, 0.3) is 0 Å². The Morgan fingerprint density at radius 3 is 2.17 bits per heavy atom. The fraction of sp³-hybridized carbons (Fsp3) is 0.348. The quantitative estimate of drug-likeness (QED) is 0.727. The normalized spacial score (nSPS) is 18.7. The molecule has 0 bridgehead atoms. The molecule has 30 heavy (non-hydrogen) atoms. The standard InChI is InChI=1S/C23H24N2O5/c1-13-18-12-20(30-4)19(29-3)11-15(18)9-10-24(13)21(26)14(2)25-22(27)16-7-5-6-8-17(16)23(25)28/h5-8,11-14H,9-10H2,1-4H3/t13-,14-/m0/s1. The average Bonchev–Trinajstić information content (AvgIpc) is 3.02. The van der Waals surface area contributed by atoms with E-state index in [4.69, 9.17) is 9.47 Å². The highest BCUT2D eigenvalue weighted by atomic mass is 16.5. The summed E-state index contributed by atoms with van der Waals surface area (Å²) in [6.07, 6.45) is 0.653. The number of imide groups is 1. The van der Waals surface area contributed by atoms with Crippen LogP contribution >= 0.6 is 0 Å². The number of nitrogens with zero attached hydrogens (tertiary/aromatic N) is 2. The van der Waals surface area contributed by atoms with Crippen LogP contribution in [0, 0.1) is 0 Å². The molecule has 0 aliphatic carbocycles. The molecule has 3 amide bonds. The molecule has 0 fully saturated rings. The SMILES string of the molecule is COc1cc2c(cc1OC)[C@H](C)N(C(=O)[C@H](C)N1C(=O)c3ccccc3C1=O)CC2. The molecule has 2 aromatic rings. The average molecular weight is 408 g/mol. The Balaban J connectivity index is 1.61. The first-order chi connectivity index (χ1) is 14.4. The maximum absolute atomic E-state index is 13.3. The smallest absolute Gasteiger partial charge is 0.262 e. The van der Waals surface area contributed by atoms with Crippen molar-refractivity contribution in [2.45, 2.75) is 32.4 Å². The third-order valence-corrected chi connectivity index (χ3v) is 6.04. The number of amides is 3. The molecule has 0 saturated heterocycles. The molecule has 0 aromatic heterocycles. The Labute approximate surface area is 175 Å². The Morgan fingerprint density at radius 1 is 1.03 bits per heavy atom. The number of fused-ring (bicyclic) bond motifs is 2. The zero-order valence-corrected chi connectivity index (χ0v) is 17.5. The van der Waals surface area contributed by atoms with Crippen LogP contribution < -0.4 is 9.47 Å². The molecule has 2 aliphatic heterocycles. The summed E-state index contributed by atoms with van der Waals surface area (Å²) in [6.45, 7) is 4.05. The molecule has 156 valence electrons. The molecule has 0 spiro atoms. The Morgan fingerprint density at radius 2 is 1.60 bits per heavy atom. The number of benzene rings is 2. The second-order valence-corrected chi connectivity index (χ2v) is 7.57. The molecule has 0 saturated carbocycles. The third kappa shape index (κ3) is 2.93. The van der Waals surface area contributed by atoms with Gasteiger partial charge in [-0.2, -0.15) is 0 Å². The fourth-order valence-corrected chi connectivity index (χ4v) is 4.36. The molecule has 0 radical (unpaired) electrons. The van der Waals surface area contributed by atoms with E-state index in [-0.39, 0.29) is 11.9 Å². The van der Waals surface area contributed by atoms with Crippen LogP contribution in [-0.2, 0) is 11.2 Å².